The van der Waals surface area contributed by atoms with Crippen LogP contribution in [-0.2, 0) is 7.05 Å². The van der Waals surface area contributed by atoms with Crippen molar-refractivity contribution < 1.29 is 4.92 Å². The van der Waals surface area contributed by atoms with Crippen LogP contribution in [0.1, 0.15) is 0 Å². The maximum absolute atomic E-state index is 13.5. The predicted molar refractivity (Wildman–Crippen MR) is 123 cm³/mol. The molecule has 0 aliphatic rings. The Morgan fingerprint density at radius 1 is 0.844 bits per heavy atom. The second kappa shape index (κ2) is 6.45. The van der Waals surface area contributed by atoms with Gasteiger partial charge in [-0.1, -0.05) is 24.3 Å². The van der Waals surface area contributed by atoms with Gasteiger partial charge in [0.05, 0.1) is 21.5 Å². The first kappa shape index (κ1) is 18.2. The molecule has 3 aromatic heterocycles. The Morgan fingerprint density at radius 3 is 2.28 bits per heavy atom. The molecule has 0 amide bonds. The molecule has 3 aromatic carbocycles. The molecule has 0 saturated heterocycles. The number of aromatic nitrogens is 4. The van der Waals surface area contributed by atoms with Gasteiger partial charge in [0, 0.05) is 30.1 Å². The number of hydrogen-bond acceptors (Lipinski definition) is 5. The van der Waals surface area contributed by atoms with Crippen LogP contribution in [0.2, 0.25) is 0 Å². The van der Waals surface area contributed by atoms with Crippen LogP contribution in [0.4, 0.5) is 5.69 Å². The minimum absolute atomic E-state index is 0.000309. The van der Waals surface area contributed by atoms with Crippen molar-refractivity contribution in [3.05, 3.63) is 93.1 Å². The summed E-state index contributed by atoms with van der Waals surface area (Å²) in [6.45, 7) is 0. The van der Waals surface area contributed by atoms with E-state index in [1.54, 1.807) is 18.2 Å². The molecular weight excluding hydrogens is 406 g/mol. The molecule has 0 aliphatic carbocycles. The van der Waals surface area contributed by atoms with Gasteiger partial charge in [-0.25, -0.2) is 9.97 Å². The third kappa shape index (κ3) is 2.40. The van der Waals surface area contributed by atoms with Crippen LogP contribution in [0.15, 0.2) is 77.6 Å². The summed E-state index contributed by atoms with van der Waals surface area (Å²) in [6.07, 6.45) is 0. The molecule has 8 nitrogen and oxygen atoms in total. The van der Waals surface area contributed by atoms with Gasteiger partial charge in [0.1, 0.15) is 16.9 Å². The molecule has 8 heteroatoms. The van der Waals surface area contributed by atoms with Crippen LogP contribution < -0.4 is 5.43 Å². The van der Waals surface area contributed by atoms with E-state index in [2.05, 4.69) is 0 Å². The number of nitro benzene ring substituents is 1. The number of nitro groups is 1. The summed E-state index contributed by atoms with van der Waals surface area (Å²) in [4.78, 5) is 33.9. The first-order chi connectivity index (χ1) is 15.5. The molecule has 6 aromatic rings. The number of para-hydroxylation sites is 3. The van der Waals surface area contributed by atoms with E-state index in [1.165, 1.54) is 12.1 Å². The van der Waals surface area contributed by atoms with Gasteiger partial charge in [0.2, 0.25) is 5.43 Å². The maximum atomic E-state index is 13.5. The summed E-state index contributed by atoms with van der Waals surface area (Å²) in [5.41, 5.74) is 3.89. The van der Waals surface area contributed by atoms with Crippen LogP contribution in [-0.4, -0.2) is 23.9 Å². The summed E-state index contributed by atoms with van der Waals surface area (Å²) >= 11 is 0. The molecule has 0 radical (unpaired) electrons. The largest absolute Gasteiger partial charge is 0.328 e. The van der Waals surface area contributed by atoms with E-state index in [0.717, 1.165) is 16.6 Å². The van der Waals surface area contributed by atoms with Gasteiger partial charge in [0.25, 0.3) is 5.69 Å². The highest BCUT2D eigenvalue weighted by Gasteiger charge is 2.20. The van der Waals surface area contributed by atoms with Gasteiger partial charge in [-0.05, 0) is 36.4 Å². The Morgan fingerprint density at radius 2 is 1.53 bits per heavy atom. The van der Waals surface area contributed by atoms with Crippen LogP contribution >= 0.6 is 0 Å². The maximum Gasteiger partial charge on any atom is 0.269 e. The zero-order chi connectivity index (χ0) is 22.0. The molecule has 154 valence electrons. The zero-order valence-electron chi connectivity index (χ0n) is 16.9. The average molecular weight is 421 g/mol. The number of nitrogens with zero attached hydrogens (tertiary/aromatic N) is 5. The zero-order valence-corrected chi connectivity index (χ0v) is 16.9. The third-order valence-corrected chi connectivity index (χ3v) is 5.82. The van der Waals surface area contributed by atoms with E-state index in [4.69, 9.17) is 9.97 Å². The van der Waals surface area contributed by atoms with Crippen LogP contribution in [0.5, 0.6) is 0 Å². The van der Waals surface area contributed by atoms with Gasteiger partial charge >= 0.3 is 0 Å². The fourth-order valence-electron chi connectivity index (χ4n) is 4.29. The highest BCUT2D eigenvalue weighted by molar-refractivity contribution is 6.02. The average Bonchev–Trinajstić information content (AvgIpc) is 3.21. The van der Waals surface area contributed by atoms with Gasteiger partial charge < -0.3 is 4.57 Å². The smallest absolute Gasteiger partial charge is 0.269 e. The molecule has 0 N–H and O–H groups in total. The lowest BCUT2D eigenvalue weighted by Gasteiger charge is -2.13. The first-order valence-electron chi connectivity index (χ1n) is 9.98. The summed E-state index contributed by atoms with van der Waals surface area (Å²) in [6, 6.07) is 21.2. The van der Waals surface area contributed by atoms with Crippen molar-refractivity contribution in [2.24, 2.45) is 7.05 Å². The number of rotatable bonds is 2. The van der Waals surface area contributed by atoms with Gasteiger partial charge in [-0.3, -0.25) is 19.3 Å². The molecule has 0 aliphatic heterocycles. The van der Waals surface area contributed by atoms with E-state index in [-0.39, 0.29) is 11.1 Å². The molecule has 0 unspecified atom stereocenters. The monoisotopic (exact) mass is 421 g/mol. The standard InChI is InChI=1S/C24H15N5O3/c1-27-18-8-4-2-6-16(18)21(30)20-23(27)26-22(14-10-12-15(13-11-14)29(31)32)28-19-9-5-3-7-17(19)25-24(20)28/h2-13H,1H3. The van der Waals surface area contributed by atoms with E-state index < -0.39 is 4.92 Å². The van der Waals surface area contributed by atoms with E-state index >= 15 is 0 Å². The van der Waals surface area contributed by atoms with Crippen LogP contribution in [0.3, 0.4) is 0 Å². The van der Waals surface area contributed by atoms with Gasteiger partial charge in [-0.2, -0.15) is 0 Å². The quantitative estimate of drug-likeness (QED) is 0.234. The minimum atomic E-state index is -0.435. The molecule has 32 heavy (non-hydrogen) atoms. The molecule has 6 rings (SSSR count). The Labute approximate surface area is 180 Å². The van der Waals surface area contributed by atoms with Crippen molar-refractivity contribution in [3.8, 4) is 11.4 Å². The second-order valence-corrected chi connectivity index (χ2v) is 7.60. The van der Waals surface area contributed by atoms with Crippen molar-refractivity contribution in [1.82, 2.24) is 18.9 Å². The fraction of sp³-hybridized carbons (Fsp3) is 0.0417. The summed E-state index contributed by atoms with van der Waals surface area (Å²) in [7, 11) is 1.87. The molecule has 0 bridgehead atoms. The Bertz CT molecular complexity index is 1780. The third-order valence-electron chi connectivity index (χ3n) is 5.82. The number of imidazole rings is 1. The number of aryl methyl sites for hydroxylation is 1. The first-order valence-corrected chi connectivity index (χ1v) is 9.98. The molecule has 3 heterocycles. The summed E-state index contributed by atoms with van der Waals surface area (Å²) < 4.78 is 3.75. The lowest BCUT2D eigenvalue weighted by Crippen LogP contribution is -2.13. The summed E-state index contributed by atoms with van der Waals surface area (Å²) in [5, 5.41) is 12.1. The normalized spacial score (nSPS) is 11.7. The number of benzene rings is 3. The van der Waals surface area contributed by atoms with Gasteiger partial charge in [-0.15, -0.1) is 0 Å². The number of non-ortho nitro benzene ring substituents is 1. The Balaban J connectivity index is 1.85. The van der Waals surface area contributed by atoms with E-state index in [1.807, 2.05) is 58.5 Å². The number of pyridine rings is 1. The lowest BCUT2D eigenvalue weighted by molar-refractivity contribution is -0.384. The molecular formula is C24H15N5O3. The molecule has 0 saturated carbocycles. The van der Waals surface area contributed by atoms with Crippen molar-refractivity contribution >= 4 is 44.3 Å². The lowest BCUT2D eigenvalue weighted by atomic mass is 10.1. The molecule has 0 fully saturated rings. The van der Waals surface area contributed by atoms with Crippen LogP contribution in [0, 0.1) is 10.1 Å². The molecule has 0 atom stereocenters. The molecule has 0 spiro atoms. The SMILES string of the molecule is Cn1c2ccccc2c(=O)c2c1nc(-c1ccc([N+](=O)[O-])cc1)n1c3ccccc3nc21. The number of fused-ring (bicyclic) bond motifs is 6. The summed E-state index contributed by atoms with van der Waals surface area (Å²) in [5.74, 6) is 0.557. The van der Waals surface area contributed by atoms with Crippen molar-refractivity contribution in [2.45, 2.75) is 0 Å². The topological polar surface area (TPSA) is 95.3 Å². The highest BCUT2D eigenvalue weighted by Crippen LogP contribution is 2.30. The predicted octanol–water partition coefficient (Wildman–Crippen LogP) is 4.46. The van der Waals surface area contributed by atoms with Crippen molar-refractivity contribution in [1.29, 1.82) is 0 Å². The second-order valence-electron chi connectivity index (χ2n) is 7.60. The van der Waals surface area contributed by atoms with Crippen LogP contribution in [0.25, 0.3) is 50.0 Å². The highest BCUT2D eigenvalue weighted by atomic mass is 16.6. The Kier molecular flexibility index (Phi) is 3.67. The van der Waals surface area contributed by atoms with E-state index in [9.17, 15) is 14.9 Å². The number of hydrogen-bond donors (Lipinski definition) is 0. The van der Waals surface area contributed by atoms with E-state index in [0.29, 0.717) is 33.5 Å². The fourth-order valence-corrected chi connectivity index (χ4v) is 4.29. The Hall–Kier alpha value is -4.59. The van der Waals surface area contributed by atoms with Crippen molar-refractivity contribution in [3.63, 3.8) is 0 Å². The minimum Gasteiger partial charge on any atom is -0.328 e. The van der Waals surface area contributed by atoms with Crippen molar-refractivity contribution in [2.75, 3.05) is 0 Å². The van der Waals surface area contributed by atoms with Gasteiger partial charge in [0.15, 0.2) is 5.65 Å².